The molecule has 0 aromatic heterocycles. The normalized spacial score (nSPS) is 37.5. The van der Waals surface area contributed by atoms with Crippen LogP contribution in [0.1, 0.15) is 37.7 Å². The van der Waals surface area contributed by atoms with Crippen LogP contribution in [-0.4, -0.2) is 11.1 Å². The summed E-state index contributed by atoms with van der Waals surface area (Å²) in [6.45, 7) is 0. The predicted molar refractivity (Wildman–Crippen MR) is 108 cm³/mol. The van der Waals surface area contributed by atoms with Crippen molar-refractivity contribution in [1.29, 1.82) is 0 Å². The van der Waals surface area contributed by atoms with Crippen molar-refractivity contribution < 1.29 is 4.74 Å². The van der Waals surface area contributed by atoms with Crippen LogP contribution in [0.15, 0.2) is 60.7 Å². The zero-order valence-electron chi connectivity index (χ0n) is 14.9. The molecule has 0 spiro atoms. The first-order chi connectivity index (χ1) is 12.6. The van der Waals surface area contributed by atoms with Gasteiger partial charge in [-0.25, -0.2) is 0 Å². The number of hydrogen-bond acceptors (Lipinski definition) is 2. The number of benzene rings is 2. The molecule has 0 heterocycles. The Morgan fingerprint density at radius 1 is 0.885 bits per heavy atom. The van der Waals surface area contributed by atoms with E-state index in [-0.39, 0.29) is 16.9 Å². The Hall–Kier alpha value is -1.87. The minimum atomic E-state index is 0.0214. The largest absolute Gasteiger partial charge is 0.490 e. The highest BCUT2D eigenvalue weighted by molar-refractivity contribution is 7.80. The van der Waals surface area contributed by atoms with Gasteiger partial charge >= 0.3 is 0 Å². The molecule has 0 radical (unpaired) electrons. The molecule has 2 aromatic rings. The third-order valence-corrected chi connectivity index (χ3v) is 7.57. The number of rotatable bonds is 4. The van der Waals surface area contributed by atoms with E-state index in [4.69, 9.17) is 22.7 Å². The summed E-state index contributed by atoms with van der Waals surface area (Å²) in [6, 6.07) is 21.3. The standard InChI is InChI=1S/C23H25NOS/c24-21(26)23-13-16-11-22(15-23,18-7-3-1-4-8-18)12-17(14-23)20(16)25-19-9-5-2-6-10-19/h1-10,16-17,20H,11-15H2,(H2,24,26). The maximum atomic E-state index is 6.51. The van der Waals surface area contributed by atoms with Crippen LogP contribution in [0, 0.1) is 17.3 Å². The fourth-order valence-electron chi connectivity index (χ4n) is 6.37. The molecule has 26 heavy (non-hydrogen) atoms. The highest BCUT2D eigenvalue weighted by Crippen LogP contribution is 2.66. The highest BCUT2D eigenvalue weighted by Gasteiger charge is 2.63. The van der Waals surface area contributed by atoms with Gasteiger partial charge in [-0.3, -0.25) is 0 Å². The van der Waals surface area contributed by atoms with E-state index in [2.05, 4.69) is 42.5 Å². The molecule has 2 nitrogen and oxygen atoms in total. The van der Waals surface area contributed by atoms with Crippen molar-refractivity contribution in [2.75, 3.05) is 0 Å². The fraction of sp³-hybridized carbons (Fsp3) is 0.435. The van der Waals surface area contributed by atoms with E-state index in [0.717, 1.165) is 30.0 Å². The van der Waals surface area contributed by atoms with Gasteiger partial charge in [0.15, 0.2) is 0 Å². The molecule has 4 saturated carbocycles. The first-order valence-electron chi connectivity index (χ1n) is 9.67. The molecule has 2 unspecified atom stereocenters. The molecule has 4 bridgehead atoms. The van der Waals surface area contributed by atoms with Crippen molar-refractivity contribution >= 4 is 17.2 Å². The van der Waals surface area contributed by atoms with Gasteiger partial charge in [0.2, 0.25) is 0 Å². The smallest absolute Gasteiger partial charge is 0.119 e. The van der Waals surface area contributed by atoms with Gasteiger partial charge in [-0.05, 0) is 67.1 Å². The van der Waals surface area contributed by atoms with Crippen LogP contribution in [0.3, 0.4) is 0 Å². The summed E-state index contributed by atoms with van der Waals surface area (Å²) >= 11 is 5.59. The second-order valence-corrected chi connectivity index (χ2v) is 9.14. The maximum absolute atomic E-state index is 6.51. The van der Waals surface area contributed by atoms with Crippen molar-refractivity contribution in [2.24, 2.45) is 23.0 Å². The van der Waals surface area contributed by atoms with Crippen LogP contribution in [0.25, 0.3) is 0 Å². The van der Waals surface area contributed by atoms with Gasteiger partial charge in [0, 0.05) is 5.41 Å². The fourth-order valence-corrected chi connectivity index (χ4v) is 6.61. The molecule has 0 aliphatic heterocycles. The highest BCUT2D eigenvalue weighted by atomic mass is 32.1. The molecule has 0 amide bonds. The molecule has 4 aliphatic carbocycles. The summed E-state index contributed by atoms with van der Waals surface area (Å²) < 4.78 is 6.51. The molecule has 2 atom stereocenters. The minimum absolute atomic E-state index is 0.0214. The molecule has 4 aliphatic rings. The summed E-state index contributed by atoms with van der Waals surface area (Å²) in [6.07, 6.45) is 5.96. The van der Waals surface area contributed by atoms with E-state index >= 15 is 0 Å². The number of hydrogen-bond donors (Lipinski definition) is 1. The van der Waals surface area contributed by atoms with Crippen molar-refractivity contribution in [3.63, 3.8) is 0 Å². The zero-order chi connectivity index (χ0) is 17.8. The van der Waals surface area contributed by atoms with Crippen LogP contribution in [0.2, 0.25) is 0 Å². The summed E-state index contributed by atoms with van der Waals surface area (Å²) in [4.78, 5) is 0.727. The molecule has 4 fully saturated rings. The van der Waals surface area contributed by atoms with Crippen LogP contribution < -0.4 is 10.5 Å². The lowest BCUT2D eigenvalue weighted by molar-refractivity contribution is -0.112. The van der Waals surface area contributed by atoms with Crippen LogP contribution >= 0.6 is 12.2 Å². The van der Waals surface area contributed by atoms with Gasteiger partial charge in [-0.1, -0.05) is 60.7 Å². The van der Waals surface area contributed by atoms with E-state index in [1.54, 1.807) is 0 Å². The first-order valence-corrected chi connectivity index (χ1v) is 10.1. The van der Waals surface area contributed by atoms with Crippen LogP contribution in [-0.2, 0) is 5.41 Å². The Labute approximate surface area is 160 Å². The summed E-state index contributed by atoms with van der Waals surface area (Å²) in [5, 5.41) is 0. The van der Waals surface area contributed by atoms with Gasteiger partial charge in [-0.2, -0.15) is 0 Å². The number of thiocarbonyl (C=S) groups is 1. The quantitative estimate of drug-likeness (QED) is 0.787. The Morgan fingerprint density at radius 2 is 1.46 bits per heavy atom. The molecular formula is C23H25NOS. The average Bonchev–Trinajstić information content (AvgIpc) is 2.66. The summed E-state index contributed by atoms with van der Waals surface area (Å²) in [5.74, 6) is 2.04. The lowest BCUT2D eigenvalue weighted by Crippen LogP contribution is -2.63. The maximum Gasteiger partial charge on any atom is 0.119 e. The topological polar surface area (TPSA) is 35.2 Å². The zero-order valence-corrected chi connectivity index (χ0v) is 15.8. The first kappa shape index (κ1) is 16.3. The van der Waals surface area contributed by atoms with E-state index in [9.17, 15) is 0 Å². The van der Waals surface area contributed by atoms with E-state index in [0.29, 0.717) is 11.8 Å². The third kappa shape index (κ3) is 2.40. The molecular weight excluding hydrogens is 338 g/mol. The third-order valence-electron chi connectivity index (χ3n) is 7.14. The van der Waals surface area contributed by atoms with Crippen LogP contribution in [0.4, 0.5) is 0 Å². The number of nitrogens with two attached hydrogens (primary N) is 1. The molecule has 2 aromatic carbocycles. The Morgan fingerprint density at radius 3 is 2.04 bits per heavy atom. The van der Waals surface area contributed by atoms with Crippen molar-refractivity contribution in [2.45, 2.75) is 43.6 Å². The van der Waals surface area contributed by atoms with Gasteiger partial charge in [0.1, 0.15) is 11.9 Å². The number of para-hydroxylation sites is 1. The second-order valence-electron chi connectivity index (χ2n) is 8.70. The van der Waals surface area contributed by atoms with Gasteiger partial charge in [0.25, 0.3) is 0 Å². The SMILES string of the molecule is NC(=S)C12CC3CC(c4ccccc4)(CC(C1)C3Oc1ccccc1)C2. The Balaban J connectivity index is 1.52. The Bertz CT molecular complexity index is 803. The Kier molecular flexibility index (Phi) is 3.65. The minimum Gasteiger partial charge on any atom is -0.490 e. The van der Waals surface area contributed by atoms with E-state index in [1.165, 1.54) is 18.4 Å². The van der Waals surface area contributed by atoms with Crippen LogP contribution in [0.5, 0.6) is 5.75 Å². The summed E-state index contributed by atoms with van der Waals surface area (Å²) in [7, 11) is 0. The molecule has 3 heteroatoms. The molecule has 2 N–H and O–H groups in total. The van der Waals surface area contributed by atoms with Crippen molar-refractivity contribution in [3.8, 4) is 5.75 Å². The molecule has 134 valence electrons. The lowest BCUT2D eigenvalue weighted by atomic mass is 9.42. The average molecular weight is 364 g/mol. The van der Waals surface area contributed by atoms with E-state index in [1.807, 2.05) is 18.2 Å². The second kappa shape index (κ2) is 5.82. The van der Waals surface area contributed by atoms with Gasteiger partial charge < -0.3 is 10.5 Å². The van der Waals surface area contributed by atoms with Gasteiger partial charge in [-0.15, -0.1) is 0 Å². The molecule has 6 rings (SSSR count). The van der Waals surface area contributed by atoms with E-state index < -0.39 is 0 Å². The van der Waals surface area contributed by atoms with Crippen molar-refractivity contribution in [3.05, 3.63) is 66.2 Å². The lowest BCUT2D eigenvalue weighted by Gasteiger charge is -2.64. The monoisotopic (exact) mass is 363 g/mol. The van der Waals surface area contributed by atoms with Crippen molar-refractivity contribution in [1.82, 2.24) is 0 Å². The van der Waals surface area contributed by atoms with Gasteiger partial charge in [0.05, 0.1) is 4.99 Å². The molecule has 0 saturated heterocycles. The predicted octanol–water partition coefficient (Wildman–Crippen LogP) is 4.87. The number of ether oxygens (including phenoxy) is 1. The summed E-state index contributed by atoms with van der Waals surface area (Å²) in [5.41, 5.74) is 8.02.